The third-order valence-electron chi connectivity index (χ3n) is 11.1. The molecule has 12 heteroatoms. The minimum absolute atomic E-state index is 0.0837. The number of hydrogen-bond donors (Lipinski definition) is 3. The zero-order chi connectivity index (χ0) is 41.8. The number of benzene rings is 5. The van der Waals surface area contributed by atoms with Gasteiger partial charge in [0.25, 0.3) is 0 Å². The standard InChI is InChI=1S/C48H43Cl2N3O7/c1-2-41(32-6-4-3-5-7-32)53-26-36-24-44-43(59-28-45(60-44)33-13-15-37(16-14-33)58-27-30-10-17-38(49)39(50)20-30)23-35(36)22-42(53)47(55)52-40(48(56)57)21-29-8-11-31(12-9-29)34-18-19-51-46(54)25-34/h3-20,23-25,40-42,45H,2,21-22,26-28H2,1H3,(H,51,54)(H,52,55)(H,56,57)/t40-,41-,42-,45+/m0/s1. The molecule has 0 aliphatic carbocycles. The number of carbonyl (C=O) groups is 2. The first-order chi connectivity index (χ1) is 29.1. The molecule has 4 atom stereocenters. The van der Waals surface area contributed by atoms with Crippen molar-refractivity contribution in [3.8, 4) is 34.3 Å². The lowest BCUT2D eigenvalue weighted by Gasteiger charge is -2.42. The van der Waals surface area contributed by atoms with Crippen molar-refractivity contribution in [3.63, 3.8) is 0 Å². The lowest BCUT2D eigenvalue weighted by molar-refractivity contribution is -0.143. The second-order valence-electron chi connectivity index (χ2n) is 15.0. The second-order valence-corrected chi connectivity index (χ2v) is 15.8. The third kappa shape index (κ3) is 9.21. The van der Waals surface area contributed by atoms with Crippen LogP contribution < -0.4 is 19.5 Å². The van der Waals surface area contributed by atoms with Crippen molar-refractivity contribution in [3.05, 3.63) is 171 Å². The minimum atomic E-state index is -1.16. The number of carboxylic acid groups (broad SMARTS) is 1. The molecule has 0 saturated carbocycles. The Labute approximate surface area is 358 Å². The summed E-state index contributed by atoms with van der Waals surface area (Å²) in [6.07, 6.45) is 2.35. The van der Waals surface area contributed by atoms with Gasteiger partial charge in [-0.25, -0.2) is 9.78 Å². The zero-order valence-electron chi connectivity index (χ0n) is 32.8. The lowest BCUT2D eigenvalue weighted by Crippen LogP contribution is -2.55. The van der Waals surface area contributed by atoms with Crippen molar-refractivity contribution in [1.82, 2.24) is 15.2 Å². The molecule has 5 aromatic carbocycles. The number of aromatic nitrogens is 1. The predicted octanol–water partition coefficient (Wildman–Crippen LogP) is 9.54. The van der Waals surface area contributed by atoms with Crippen LogP contribution in [0.5, 0.6) is 23.1 Å². The number of ether oxygens (including phenoxy) is 3. The van der Waals surface area contributed by atoms with Gasteiger partial charge >= 0.3 is 5.97 Å². The molecule has 3 heterocycles. The summed E-state index contributed by atoms with van der Waals surface area (Å²) >= 11 is 12.2. The van der Waals surface area contributed by atoms with E-state index in [0.29, 0.717) is 53.5 Å². The van der Waals surface area contributed by atoms with Crippen molar-refractivity contribution in [2.75, 3.05) is 6.61 Å². The molecule has 306 valence electrons. The fourth-order valence-electron chi connectivity index (χ4n) is 7.95. The molecule has 10 nitrogen and oxygen atoms in total. The van der Waals surface area contributed by atoms with Gasteiger partial charge in [0.1, 0.15) is 25.0 Å². The first-order valence-electron chi connectivity index (χ1n) is 19.8. The quantitative estimate of drug-likeness (QED) is 0.104. The zero-order valence-corrected chi connectivity index (χ0v) is 34.3. The number of nitrogens with zero attached hydrogens (tertiary/aromatic N) is 2. The van der Waals surface area contributed by atoms with E-state index in [0.717, 1.165) is 50.9 Å². The highest BCUT2D eigenvalue weighted by atomic mass is 35.5. The Morgan fingerprint density at radius 1 is 0.867 bits per heavy atom. The van der Waals surface area contributed by atoms with E-state index in [-0.39, 0.29) is 30.4 Å². The number of aromatic hydroxyl groups is 1. The number of carboxylic acids is 1. The molecule has 2 aliphatic heterocycles. The third-order valence-corrected chi connectivity index (χ3v) is 11.8. The van der Waals surface area contributed by atoms with E-state index in [2.05, 4.69) is 34.3 Å². The molecule has 1 amide bonds. The van der Waals surface area contributed by atoms with Crippen LogP contribution in [0.1, 0.15) is 58.9 Å². The molecule has 3 N–H and O–H groups in total. The maximum Gasteiger partial charge on any atom is 0.326 e. The van der Waals surface area contributed by atoms with E-state index in [4.69, 9.17) is 37.4 Å². The van der Waals surface area contributed by atoms with E-state index in [1.807, 2.05) is 84.9 Å². The van der Waals surface area contributed by atoms with Crippen molar-refractivity contribution in [1.29, 1.82) is 0 Å². The van der Waals surface area contributed by atoms with E-state index in [9.17, 15) is 19.8 Å². The van der Waals surface area contributed by atoms with Gasteiger partial charge in [0.15, 0.2) is 17.6 Å². The van der Waals surface area contributed by atoms with Crippen LogP contribution in [0.2, 0.25) is 10.0 Å². The molecule has 0 fully saturated rings. The van der Waals surface area contributed by atoms with Crippen LogP contribution >= 0.6 is 23.2 Å². The van der Waals surface area contributed by atoms with Gasteiger partial charge in [-0.2, -0.15) is 0 Å². The molecule has 2 aliphatic rings. The van der Waals surface area contributed by atoms with Crippen LogP contribution in [0.4, 0.5) is 0 Å². The predicted molar refractivity (Wildman–Crippen MR) is 230 cm³/mol. The van der Waals surface area contributed by atoms with Crippen molar-refractivity contribution >= 4 is 35.1 Å². The van der Waals surface area contributed by atoms with Gasteiger partial charge in [-0.05, 0) is 99.8 Å². The Bertz CT molecular complexity index is 2480. The van der Waals surface area contributed by atoms with E-state index >= 15 is 0 Å². The monoisotopic (exact) mass is 843 g/mol. The summed E-state index contributed by atoms with van der Waals surface area (Å²) in [6, 6.07) is 36.0. The molecule has 0 bridgehead atoms. The number of amides is 1. The SMILES string of the molecule is CC[C@@H](c1ccccc1)N1Cc2cc3c(cc2C[C@H]1C(=O)N[C@@H](Cc1ccc(-c2ccnc(O)c2)cc1)C(=O)O)OC[C@H](c1ccc(OCc2ccc(Cl)c(Cl)c2)cc1)O3. The molecule has 6 aromatic rings. The Morgan fingerprint density at radius 2 is 1.62 bits per heavy atom. The minimum Gasteiger partial charge on any atom is -0.493 e. The molecule has 0 saturated heterocycles. The van der Waals surface area contributed by atoms with Crippen LogP contribution in [0, 0.1) is 0 Å². The van der Waals surface area contributed by atoms with E-state index in [1.165, 1.54) is 6.20 Å². The molecule has 1 aromatic heterocycles. The normalized spacial score (nSPS) is 16.9. The van der Waals surface area contributed by atoms with Crippen LogP contribution in [0.3, 0.4) is 0 Å². The highest BCUT2D eigenvalue weighted by Crippen LogP contribution is 2.43. The first kappa shape index (κ1) is 40.7. The molecular weight excluding hydrogens is 801 g/mol. The maximum absolute atomic E-state index is 14.4. The van der Waals surface area contributed by atoms with Gasteiger partial charge < -0.3 is 29.7 Å². The van der Waals surface area contributed by atoms with Gasteiger partial charge in [-0.1, -0.05) is 103 Å². The highest BCUT2D eigenvalue weighted by molar-refractivity contribution is 6.42. The lowest BCUT2D eigenvalue weighted by atomic mass is 9.89. The van der Waals surface area contributed by atoms with Gasteiger partial charge in [0.05, 0.1) is 16.1 Å². The van der Waals surface area contributed by atoms with Crippen molar-refractivity contribution in [2.24, 2.45) is 0 Å². The number of rotatable bonds is 13. The molecule has 0 unspecified atom stereocenters. The van der Waals surface area contributed by atoms with Crippen LogP contribution in [0.15, 0.2) is 128 Å². The first-order valence-corrected chi connectivity index (χ1v) is 20.6. The van der Waals surface area contributed by atoms with Gasteiger partial charge in [0, 0.05) is 31.3 Å². The number of pyridine rings is 1. The summed E-state index contributed by atoms with van der Waals surface area (Å²) < 4.78 is 18.8. The van der Waals surface area contributed by atoms with Crippen molar-refractivity contribution in [2.45, 2.75) is 63.6 Å². The Morgan fingerprint density at radius 3 is 2.33 bits per heavy atom. The number of carbonyl (C=O) groups excluding carboxylic acids is 1. The van der Waals surface area contributed by atoms with E-state index in [1.54, 1.807) is 24.3 Å². The number of nitrogens with one attached hydrogen (secondary N) is 1. The summed E-state index contributed by atoms with van der Waals surface area (Å²) in [5.74, 6) is 0.363. The van der Waals surface area contributed by atoms with Crippen LogP contribution in [-0.4, -0.2) is 50.7 Å². The van der Waals surface area contributed by atoms with Crippen LogP contribution in [0.25, 0.3) is 11.1 Å². The van der Waals surface area contributed by atoms with Crippen LogP contribution in [-0.2, 0) is 35.6 Å². The summed E-state index contributed by atoms with van der Waals surface area (Å²) in [6.45, 7) is 3.17. The Hall–Kier alpha value is -6.07. The average molecular weight is 845 g/mol. The number of halogens is 2. The maximum atomic E-state index is 14.4. The number of fused-ring (bicyclic) bond motifs is 2. The summed E-state index contributed by atoms with van der Waals surface area (Å²) in [5, 5.41) is 24.0. The van der Waals surface area contributed by atoms with Gasteiger partial charge in [-0.3, -0.25) is 9.69 Å². The summed E-state index contributed by atoms with van der Waals surface area (Å²) in [7, 11) is 0. The largest absolute Gasteiger partial charge is 0.493 e. The topological polar surface area (TPSA) is 130 Å². The van der Waals surface area contributed by atoms with Gasteiger partial charge in [-0.15, -0.1) is 0 Å². The highest BCUT2D eigenvalue weighted by Gasteiger charge is 2.39. The Balaban J connectivity index is 0.991. The fraction of sp³-hybridized carbons (Fsp3) is 0.229. The molecular formula is C48H43Cl2N3O7. The van der Waals surface area contributed by atoms with Gasteiger partial charge in [0.2, 0.25) is 11.8 Å². The molecule has 8 rings (SSSR count). The molecule has 0 spiro atoms. The number of hydrogen-bond acceptors (Lipinski definition) is 8. The fourth-order valence-corrected chi connectivity index (χ4v) is 8.27. The second kappa shape index (κ2) is 18.0. The van der Waals surface area contributed by atoms with Crippen molar-refractivity contribution < 1.29 is 34.0 Å². The average Bonchev–Trinajstić information content (AvgIpc) is 3.26. The smallest absolute Gasteiger partial charge is 0.326 e. The molecule has 60 heavy (non-hydrogen) atoms. The number of aliphatic carboxylic acids is 1. The summed E-state index contributed by atoms with van der Waals surface area (Å²) in [5.41, 5.74) is 7.25. The molecule has 0 radical (unpaired) electrons. The Kier molecular flexibility index (Phi) is 12.2. The van der Waals surface area contributed by atoms with E-state index < -0.39 is 18.1 Å². The summed E-state index contributed by atoms with van der Waals surface area (Å²) in [4.78, 5) is 33.0.